The normalized spacial score (nSPS) is 11.8. The van der Waals surface area contributed by atoms with Crippen LogP contribution in [0.15, 0.2) is 27.1 Å². The van der Waals surface area contributed by atoms with Crippen molar-refractivity contribution in [3.63, 3.8) is 0 Å². The summed E-state index contributed by atoms with van der Waals surface area (Å²) in [5.41, 5.74) is 0.467. The second-order valence-electron chi connectivity index (χ2n) is 3.63. The molecule has 1 aromatic rings. The van der Waals surface area contributed by atoms with Crippen molar-refractivity contribution in [3.8, 4) is 0 Å². The van der Waals surface area contributed by atoms with Crippen LogP contribution in [0.5, 0.6) is 0 Å². The molecule has 0 amide bonds. The lowest BCUT2D eigenvalue weighted by Gasteiger charge is -2.18. The van der Waals surface area contributed by atoms with Gasteiger partial charge in [0.15, 0.2) is 0 Å². The molecule has 0 aliphatic rings. The van der Waals surface area contributed by atoms with Crippen LogP contribution in [0.4, 0.5) is 5.69 Å². The second-order valence-corrected chi connectivity index (χ2v) is 7.18. The first-order valence-electron chi connectivity index (χ1n) is 5.17. The molecule has 0 spiro atoms. The van der Waals surface area contributed by atoms with Crippen molar-refractivity contribution < 1.29 is 13.5 Å². The monoisotopic (exact) mass is 400 g/mol. The minimum absolute atomic E-state index is 0.0398. The lowest BCUT2D eigenvalue weighted by atomic mass is 10.3. The van der Waals surface area contributed by atoms with Crippen molar-refractivity contribution in [1.29, 1.82) is 0 Å². The van der Waals surface area contributed by atoms with E-state index >= 15 is 0 Å². The number of aliphatic hydroxyl groups excluding tert-OH is 1. The molecule has 0 aromatic heterocycles. The Morgan fingerprint density at radius 2 is 2.06 bits per heavy atom. The molecule has 102 valence electrons. The average Bonchev–Trinajstić information content (AvgIpc) is 2.29. The van der Waals surface area contributed by atoms with Crippen molar-refractivity contribution in [3.05, 3.63) is 27.1 Å². The van der Waals surface area contributed by atoms with Gasteiger partial charge in [-0.15, -0.1) is 0 Å². The number of benzene rings is 1. The van der Waals surface area contributed by atoms with E-state index in [1.165, 1.54) is 7.05 Å². The van der Waals surface area contributed by atoms with Crippen molar-refractivity contribution in [2.45, 2.75) is 6.42 Å². The highest BCUT2D eigenvalue weighted by molar-refractivity contribution is 9.11. The highest BCUT2D eigenvalue weighted by Crippen LogP contribution is 2.27. The smallest absolute Gasteiger partial charge is 0.301 e. The van der Waals surface area contributed by atoms with Gasteiger partial charge in [-0.3, -0.25) is 4.72 Å². The van der Waals surface area contributed by atoms with Crippen LogP contribution < -0.4 is 4.72 Å². The number of halogens is 2. The molecule has 8 heteroatoms. The van der Waals surface area contributed by atoms with E-state index in [9.17, 15) is 8.42 Å². The van der Waals surface area contributed by atoms with E-state index in [4.69, 9.17) is 5.11 Å². The maximum atomic E-state index is 11.9. The molecule has 18 heavy (non-hydrogen) atoms. The Balaban J connectivity index is 2.82. The first-order chi connectivity index (χ1) is 8.36. The average molecular weight is 402 g/mol. The fourth-order valence-electron chi connectivity index (χ4n) is 1.20. The summed E-state index contributed by atoms with van der Waals surface area (Å²) in [4.78, 5) is 0. The number of rotatable bonds is 6. The topological polar surface area (TPSA) is 69.6 Å². The zero-order valence-corrected chi connectivity index (χ0v) is 13.7. The van der Waals surface area contributed by atoms with Crippen LogP contribution in [-0.2, 0) is 10.2 Å². The quantitative estimate of drug-likeness (QED) is 0.767. The third kappa shape index (κ3) is 4.51. The zero-order chi connectivity index (χ0) is 13.8. The highest BCUT2D eigenvalue weighted by atomic mass is 79.9. The summed E-state index contributed by atoms with van der Waals surface area (Å²) in [5.74, 6) is 0. The van der Waals surface area contributed by atoms with E-state index < -0.39 is 10.2 Å². The van der Waals surface area contributed by atoms with Crippen LogP contribution >= 0.6 is 31.9 Å². The van der Waals surface area contributed by atoms with E-state index in [-0.39, 0.29) is 13.2 Å². The van der Waals surface area contributed by atoms with Crippen molar-refractivity contribution >= 4 is 47.8 Å². The van der Waals surface area contributed by atoms with Gasteiger partial charge in [-0.25, -0.2) is 0 Å². The van der Waals surface area contributed by atoms with Gasteiger partial charge in [-0.05, 0) is 40.5 Å². The van der Waals surface area contributed by atoms with Gasteiger partial charge in [-0.1, -0.05) is 15.9 Å². The van der Waals surface area contributed by atoms with Gasteiger partial charge in [0, 0.05) is 29.1 Å². The third-order valence-electron chi connectivity index (χ3n) is 2.21. The third-order valence-corrected chi connectivity index (χ3v) is 4.84. The number of aliphatic hydroxyl groups is 1. The Morgan fingerprint density at radius 3 is 2.61 bits per heavy atom. The van der Waals surface area contributed by atoms with Crippen molar-refractivity contribution in [1.82, 2.24) is 4.31 Å². The molecule has 0 saturated carbocycles. The molecule has 0 aliphatic heterocycles. The molecule has 0 aliphatic carbocycles. The Kier molecular flexibility index (Phi) is 6.06. The van der Waals surface area contributed by atoms with Crippen molar-refractivity contribution in [2.24, 2.45) is 0 Å². The molecule has 1 rings (SSSR count). The molecule has 0 saturated heterocycles. The standard InChI is InChI=1S/C10H14Br2N2O3S/c1-14(5-2-6-15)18(16,17)13-10-4-3-8(11)7-9(10)12/h3-4,7,13,15H,2,5-6H2,1H3. The van der Waals surface area contributed by atoms with Crippen molar-refractivity contribution in [2.75, 3.05) is 24.9 Å². The van der Waals surface area contributed by atoms with Crippen LogP contribution in [0.3, 0.4) is 0 Å². The number of nitrogens with one attached hydrogen (secondary N) is 1. The number of nitrogens with zero attached hydrogens (tertiary/aromatic N) is 1. The van der Waals surface area contributed by atoms with Crippen LogP contribution in [-0.4, -0.2) is 38.0 Å². The lowest BCUT2D eigenvalue weighted by Crippen LogP contribution is -2.33. The summed E-state index contributed by atoms with van der Waals surface area (Å²) in [6.07, 6.45) is 0.402. The molecule has 0 fully saturated rings. The van der Waals surface area contributed by atoms with E-state index in [0.717, 1.165) is 8.78 Å². The number of hydrogen-bond donors (Lipinski definition) is 2. The summed E-state index contributed by atoms with van der Waals surface area (Å²) >= 11 is 6.58. The summed E-state index contributed by atoms with van der Waals surface area (Å²) in [5, 5.41) is 8.69. The van der Waals surface area contributed by atoms with E-state index in [1.54, 1.807) is 18.2 Å². The minimum atomic E-state index is -3.59. The van der Waals surface area contributed by atoms with E-state index in [2.05, 4.69) is 36.6 Å². The summed E-state index contributed by atoms with van der Waals surface area (Å²) in [6, 6.07) is 5.16. The Bertz CT molecular complexity index is 508. The molecule has 0 unspecified atom stereocenters. The molecule has 0 bridgehead atoms. The highest BCUT2D eigenvalue weighted by Gasteiger charge is 2.18. The second kappa shape index (κ2) is 6.85. The fourth-order valence-corrected chi connectivity index (χ4v) is 3.46. The van der Waals surface area contributed by atoms with Gasteiger partial charge in [0.1, 0.15) is 0 Å². The first kappa shape index (κ1) is 15.9. The lowest BCUT2D eigenvalue weighted by molar-refractivity contribution is 0.276. The summed E-state index contributed by atoms with van der Waals surface area (Å²) < 4.78 is 29.0. The van der Waals surface area contributed by atoms with Crippen LogP contribution in [0, 0.1) is 0 Å². The Labute approximate surface area is 124 Å². The van der Waals surface area contributed by atoms with E-state index in [1.807, 2.05) is 0 Å². The van der Waals surface area contributed by atoms with Gasteiger partial charge in [-0.2, -0.15) is 12.7 Å². The zero-order valence-electron chi connectivity index (χ0n) is 9.73. The molecule has 0 radical (unpaired) electrons. The number of hydrogen-bond acceptors (Lipinski definition) is 3. The molecule has 5 nitrogen and oxygen atoms in total. The summed E-state index contributed by atoms with van der Waals surface area (Å²) in [6.45, 7) is 0.224. The molecule has 0 atom stereocenters. The fraction of sp³-hybridized carbons (Fsp3) is 0.400. The molecule has 0 heterocycles. The van der Waals surface area contributed by atoms with Crippen LogP contribution in [0.25, 0.3) is 0 Å². The SMILES string of the molecule is CN(CCCO)S(=O)(=O)Nc1ccc(Br)cc1Br. The predicted octanol–water partition coefficient (Wildman–Crippen LogP) is 2.18. The molecular formula is C10H14Br2N2O3S. The van der Waals surface area contributed by atoms with Crippen LogP contribution in [0.2, 0.25) is 0 Å². The van der Waals surface area contributed by atoms with Gasteiger partial charge >= 0.3 is 10.2 Å². The Hall–Kier alpha value is -0.150. The largest absolute Gasteiger partial charge is 0.396 e. The molecule has 1 aromatic carbocycles. The van der Waals surface area contributed by atoms with Gasteiger partial charge in [0.05, 0.1) is 5.69 Å². The van der Waals surface area contributed by atoms with Gasteiger partial charge < -0.3 is 5.11 Å². The van der Waals surface area contributed by atoms with Crippen LogP contribution in [0.1, 0.15) is 6.42 Å². The first-order valence-corrected chi connectivity index (χ1v) is 8.19. The maximum absolute atomic E-state index is 11.9. The number of anilines is 1. The van der Waals surface area contributed by atoms with E-state index in [0.29, 0.717) is 16.6 Å². The minimum Gasteiger partial charge on any atom is -0.396 e. The van der Waals surface area contributed by atoms with Gasteiger partial charge in [0.2, 0.25) is 0 Å². The Morgan fingerprint density at radius 1 is 1.39 bits per heavy atom. The summed E-state index contributed by atoms with van der Waals surface area (Å²) in [7, 11) is -2.13. The maximum Gasteiger partial charge on any atom is 0.301 e. The van der Waals surface area contributed by atoms with Gasteiger partial charge in [0.25, 0.3) is 0 Å². The predicted molar refractivity (Wildman–Crippen MR) is 78.7 cm³/mol. The molecule has 2 N–H and O–H groups in total. The molecular weight excluding hydrogens is 388 g/mol.